The van der Waals surface area contributed by atoms with Crippen molar-refractivity contribution in [3.8, 4) is 0 Å². The van der Waals surface area contributed by atoms with Gasteiger partial charge in [0.15, 0.2) is 17.2 Å². The van der Waals surface area contributed by atoms with Crippen LogP contribution in [0.15, 0.2) is 42.0 Å². The molecule has 1 aromatic carbocycles. The molecule has 2 unspecified atom stereocenters. The number of aliphatic hydroxyl groups excluding tert-OH is 1. The van der Waals surface area contributed by atoms with E-state index >= 15 is 4.39 Å². The Labute approximate surface area is 216 Å². The van der Waals surface area contributed by atoms with E-state index in [1.165, 1.54) is 0 Å². The maximum Gasteiger partial charge on any atom is 0.339 e. The van der Waals surface area contributed by atoms with Crippen LogP contribution >= 0.6 is 11.6 Å². The number of Topliss-reactive ketones (excluding diaryl/α,β-unsaturated/α-hetero) is 1. The first kappa shape index (κ1) is 25.6. The third-order valence-electron chi connectivity index (χ3n) is 10.4. The van der Waals surface area contributed by atoms with Crippen molar-refractivity contribution in [3.63, 3.8) is 0 Å². The molecule has 0 aromatic heterocycles. The summed E-state index contributed by atoms with van der Waals surface area (Å²) in [7, 11) is 0. The van der Waals surface area contributed by atoms with Crippen LogP contribution in [0.2, 0.25) is 0 Å². The molecule has 194 valence electrons. The van der Waals surface area contributed by atoms with Crippen LogP contribution in [0.5, 0.6) is 0 Å². The van der Waals surface area contributed by atoms with Crippen LogP contribution in [0.3, 0.4) is 0 Å². The van der Waals surface area contributed by atoms with Crippen molar-refractivity contribution in [2.75, 3.05) is 5.88 Å². The van der Waals surface area contributed by atoms with Crippen molar-refractivity contribution in [1.29, 1.82) is 0 Å². The van der Waals surface area contributed by atoms with Crippen LogP contribution in [-0.4, -0.2) is 45.9 Å². The van der Waals surface area contributed by atoms with Crippen LogP contribution in [0.1, 0.15) is 69.7 Å². The lowest BCUT2D eigenvalue weighted by atomic mass is 9.43. The molecule has 1 N–H and O–H groups in total. The average Bonchev–Trinajstić information content (AvgIpc) is 3.07. The molecule has 5 nitrogen and oxygen atoms in total. The number of ketones is 2. The highest BCUT2D eigenvalue weighted by Crippen LogP contribution is 2.72. The number of rotatable bonds is 4. The fourth-order valence-corrected chi connectivity index (χ4v) is 8.84. The minimum atomic E-state index is -1.94. The number of fused-ring (bicyclic) bond motifs is 5. The molecule has 0 bridgehead atoms. The van der Waals surface area contributed by atoms with Crippen molar-refractivity contribution >= 4 is 29.1 Å². The van der Waals surface area contributed by atoms with Gasteiger partial charge in [0.2, 0.25) is 0 Å². The number of hydrogen-bond donors (Lipinski definition) is 1. The maximum absolute atomic E-state index is 17.4. The number of aliphatic hydroxyl groups is 1. The normalized spacial score (nSPS) is 43.6. The Hall–Kier alpha value is -2.05. The molecular weight excluding hydrogens is 483 g/mol. The van der Waals surface area contributed by atoms with Gasteiger partial charge in [-0.05, 0) is 56.2 Å². The van der Waals surface area contributed by atoms with E-state index in [0.717, 1.165) is 5.57 Å². The van der Waals surface area contributed by atoms with Crippen molar-refractivity contribution in [1.82, 2.24) is 0 Å². The molecule has 0 amide bonds. The molecule has 0 aliphatic heterocycles. The molecular formula is C29H34ClFO5. The number of ether oxygens (including phenoxy) is 1. The zero-order chi connectivity index (χ0) is 26.1. The minimum Gasteiger partial charge on any atom is -0.447 e. The van der Waals surface area contributed by atoms with E-state index in [0.29, 0.717) is 31.2 Å². The minimum absolute atomic E-state index is 0.00806. The highest BCUT2D eigenvalue weighted by Gasteiger charge is 2.77. The van der Waals surface area contributed by atoms with Crippen LogP contribution in [0.4, 0.5) is 4.39 Å². The summed E-state index contributed by atoms with van der Waals surface area (Å²) >= 11 is 6.12. The summed E-state index contributed by atoms with van der Waals surface area (Å²) in [6.07, 6.45) is 2.31. The molecule has 0 saturated heterocycles. The predicted molar refractivity (Wildman–Crippen MR) is 133 cm³/mol. The van der Waals surface area contributed by atoms with Gasteiger partial charge in [0.05, 0.1) is 17.5 Å². The number of carbonyl (C=O) groups excluding carboxylic acids is 3. The van der Waals surface area contributed by atoms with Crippen molar-refractivity contribution in [3.05, 3.63) is 47.5 Å². The highest BCUT2D eigenvalue weighted by molar-refractivity contribution is 6.29. The Bertz CT molecular complexity index is 1140. The molecule has 3 fully saturated rings. The van der Waals surface area contributed by atoms with E-state index in [1.54, 1.807) is 36.4 Å². The van der Waals surface area contributed by atoms with E-state index in [1.807, 2.05) is 20.8 Å². The van der Waals surface area contributed by atoms with Crippen molar-refractivity contribution in [2.45, 2.75) is 76.7 Å². The number of carbonyl (C=O) groups is 3. The first-order chi connectivity index (χ1) is 17.0. The van der Waals surface area contributed by atoms with Gasteiger partial charge >= 0.3 is 5.97 Å². The van der Waals surface area contributed by atoms with Gasteiger partial charge in [-0.3, -0.25) is 9.59 Å². The number of halogens is 2. The van der Waals surface area contributed by atoms with Gasteiger partial charge < -0.3 is 9.84 Å². The second-order valence-electron chi connectivity index (χ2n) is 11.8. The lowest BCUT2D eigenvalue weighted by Gasteiger charge is -2.63. The van der Waals surface area contributed by atoms with Gasteiger partial charge in [0.25, 0.3) is 0 Å². The fourth-order valence-electron chi connectivity index (χ4n) is 8.64. The second-order valence-corrected chi connectivity index (χ2v) is 12.1. The quantitative estimate of drug-likeness (QED) is 0.438. The predicted octanol–water partition coefficient (Wildman–Crippen LogP) is 5.23. The van der Waals surface area contributed by atoms with Crippen LogP contribution in [-0.2, 0) is 14.3 Å². The van der Waals surface area contributed by atoms with E-state index in [2.05, 4.69) is 0 Å². The standard InChI is InChI=1S/C29H34ClFO5/c1-17-13-22-21-10-9-19-14-20(32)11-12-26(19,2)28(21,31)23(33)15-27(22,3)29(17,24(34)16-30)36-25(35)18-7-5-4-6-8-18/h4-8,14,17,21-23,33H,9-13,15-16H2,1-3H3/t17?,21-,22-,23?,26-,27-,28-,29-/m0/s1. The van der Waals surface area contributed by atoms with Crippen molar-refractivity contribution < 1.29 is 28.6 Å². The summed E-state index contributed by atoms with van der Waals surface area (Å²) < 4.78 is 23.6. The summed E-state index contributed by atoms with van der Waals surface area (Å²) in [5, 5.41) is 11.6. The van der Waals surface area contributed by atoms with Gasteiger partial charge in [-0.1, -0.05) is 44.5 Å². The van der Waals surface area contributed by atoms with E-state index < -0.39 is 51.8 Å². The van der Waals surface area contributed by atoms with E-state index in [9.17, 15) is 19.5 Å². The molecule has 3 saturated carbocycles. The summed E-state index contributed by atoms with van der Waals surface area (Å²) in [6.45, 7) is 5.58. The molecule has 0 radical (unpaired) electrons. The van der Waals surface area contributed by atoms with Crippen LogP contribution in [0, 0.1) is 28.6 Å². The zero-order valence-corrected chi connectivity index (χ0v) is 21.8. The number of hydrogen-bond acceptors (Lipinski definition) is 5. The molecule has 1 aromatic rings. The van der Waals surface area contributed by atoms with Gasteiger partial charge in [-0.15, -0.1) is 11.6 Å². The van der Waals surface area contributed by atoms with Gasteiger partial charge in [0, 0.05) is 29.1 Å². The molecule has 7 heteroatoms. The Morgan fingerprint density at radius 1 is 1.17 bits per heavy atom. The Morgan fingerprint density at radius 2 is 1.86 bits per heavy atom. The fraction of sp³-hybridized carbons (Fsp3) is 0.621. The lowest BCUT2D eigenvalue weighted by molar-refractivity contribution is -0.227. The third kappa shape index (κ3) is 3.13. The summed E-state index contributed by atoms with van der Waals surface area (Å²) in [5.41, 5.74) is -4.36. The Balaban J connectivity index is 1.60. The van der Waals surface area contributed by atoms with Crippen LogP contribution < -0.4 is 0 Å². The second kappa shape index (κ2) is 8.49. The van der Waals surface area contributed by atoms with Gasteiger partial charge in [0.1, 0.15) is 5.67 Å². The molecule has 36 heavy (non-hydrogen) atoms. The van der Waals surface area contributed by atoms with E-state index in [-0.39, 0.29) is 30.4 Å². The zero-order valence-electron chi connectivity index (χ0n) is 21.1. The molecule has 0 spiro atoms. The lowest BCUT2D eigenvalue weighted by Crippen LogP contribution is -2.70. The monoisotopic (exact) mass is 516 g/mol. The molecule has 4 aliphatic carbocycles. The summed E-state index contributed by atoms with van der Waals surface area (Å²) in [4.78, 5) is 39.0. The number of esters is 1. The molecule has 0 heterocycles. The Kier molecular flexibility index (Phi) is 6.03. The number of benzene rings is 1. The average molecular weight is 517 g/mol. The molecule has 8 atom stereocenters. The van der Waals surface area contributed by atoms with Crippen LogP contribution in [0.25, 0.3) is 0 Å². The molecule has 4 aliphatic rings. The first-order valence-corrected chi connectivity index (χ1v) is 13.5. The van der Waals surface area contributed by atoms with Gasteiger partial charge in [-0.2, -0.15) is 0 Å². The Morgan fingerprint density at radius 3 is 2.53 bits per heavy atom. The number of alkyl halides is 2. The SMILES string of the molecule is CC1C[C@H]2[C@@H]3CCC4=CC(=O)CC[C@]4(C)[C@@]3(F)C(O)C[C@]2(C)[C@@]1(OC(=O)c1ccccc1)C(=O)CCl. The number of allylic oxidation sites excluding steroid dienone is 1. The van der Waals surface area contributed by atoms with E-state index in [4.69, 9.17) is 16.3 Å². The molecule has 5 rings (SSSR count). The van der Waals surface area contributed by atoms with Gasteiger partial charge in [-0.25, -0.2) is 9.18 Å². The first-order valence-electron chi connectivity index (χ1n) is 12.9. The highest BCUT2D eigenvalue weighted by atomic mass is 35.5. The maximum atomic E-state index is 17.4. The largest absolute Gasteiger partial charge is 0.447 e. The third-order valence-corrected chi connectivity index (χ3v) is 10.6. The topological polar surface area (TPSA) is 80.7 Å². The smallest absolute Gasteiger partial charge is 0.339 e. The summed E-state index contributed by atoms with van der Waals surface area (Å²) in [6, 6.07) is 8.49. The van der Waals surface area contributed by atoms with Crippen molar-refractivity contribution in [2.24, 2.45) is 28.6 Å². The summed E-state index contributed by atoms with van der Waals surface area (Å²) in [5.74, 6) is -2.61.